The van der Waals surface area contributed by atoms with Crippen molar-refractivity contribution in [3.05, 3.63) is 58.3 Å². The molecular weight excluding hydrogens is 278 g/mol. The first-order valence-corrected chi connectivity index (χ1v) is 8.29. The van der Waals surface area contributed by atoms with Gasteiger partial charge >= 0.3 is 0 Å². The third-order valence-corrected chi connectivity index (χ3v) is 4.70. The van der Waals surface area contributed by atoms with Crippen LogP contribution in [0, 0.1) is 0 Å². The highest BCUT2D eigenvalue weighted by Gasteiger charge is 2.23. The molecule has 0 fully saturated rings. The molecule has 0 saturated carbocycles. The number of benzene rings is 1. The predicted octanol–water partition coefficient (Wildman–Crippen LogP) is 4.63. The van der Waals surface area contributed by atoms with E-state index in [9.17, 15) is 0 Å². The molecule has 2 aromatic rings. The third kappa shape index (κ3) is 4.67. The molecule has 1 heterocycles. The van der Waals surface area contributed by atoms with Crippen LogP contribution in [0.4, 0.5) is 0 Å². The van der Waals surface area contributed by atoms with Gasteiger partial charge in [0.15, 0.2) is 0 Å². The van der Waals surface area contributed by atoms with Crippen molar-refractivity contribution in [3.8, 4) is 0 Å². The molecule has 0 aliphatic rings. The molecule has 2 rings (SSSR count). The van der Waals surface area contributed by atoms with Gasteiger partial charge in [-0.3, -0.25) is 0 Å². The summed E-state index contributed by atoms with van der Waals surface area (Å²) < 4.78 is 5.55. The first kappa shape index (κ1) is 16.2. The van der Waals surface area contributed by atoms with E-state index in [4.69, 9.17) is 4.74 Å². The minimum Gasteiger partial charge on any atom is -0.379 e. The quantitative estimate of drug-likeness (QED) is 0.805. The topological polar surface area (TPSA) is 21.3 Å². The van der Waals surface area contributed by atoms with E-state index in [1.54, 1.807) is 18.4 Å². The van der Waals surface area contributed by atoms with Crippen molar-refractivity contribution < 1.29 is 4.74 Å². The molecule has 0 spiro atoms. The van der Waals surface area contributed by atoms with Gasteiger partial charge in [-0.05, 0) is 44.2 Å². The first-order valence-electron chi connectivity index (χ1n) is 7.41. The smallest absolute Gasteiger partial charge is 0.0673 e. The van der Waals surface area contributed by atoms with E-state index in [0.717, 1.165) is 6.42 Å². The molecule has 0 aliphatic carbocycles. The molecule has 3 heteroatoms. The summed E-state index contributed by atoms with van der Waals surface area (Å²) in [7, 11) is 1.78. The van der Waals surface area contributed by atoms with E-state index >= 15 is 0 Å². The highest BCUT2D eigenvalue weighted by atomic mass is 32.1. The zero-order valence-electron chi connectivity index (χ0n) is 13.3. The van der Waals surface area contributed by atoms with Gasteiger partial charge in [0.25, 0.3) is 0 Å². The van der Waals surface area contributed by atoms with Gasteiger partial charge in [0.05, 0.1) is 11.6 Å². The minimum absolute atomic E-state index is 0.108. The fraction of sp³-hybridized carbons (Fsp3) is 0.444. The van der Waals surface area contributed by atoms with Gasteiger partial charge in [0.2, 0.25) is 0 Å². The molecular formula is C18H25NOS. The van der Waals surface area contributed by atoms with Crippen LogP contribution in [0.25, 0.3) is 0 Å². The molecule has 1 aromatic heterocycles. The molecule has 1 N–H and O–H groups in total. The van der Waals surface area contributed by atoms with Crippen LogP contribution in [0.2, 0.25) is 0 Å². The Balaban J connectivity index is 2.14. The lowest BCUT2D eigenvalue weighted by molar-refractivity contribution is 0.00802. The second kappa shape index (κ2) is 7.21. The number of ether oxygens (including phenoxy) is 1. The van der Waals surface area contributed by atoms with Crippen molar-refractivity contribution in [1.82, 2.24) is 5.32 Å². The average molecular weight is 303 g/mol. The van der Waals surface area contributed by atoms with Crippen molar-refractivity contribution in [1.29, 1.82) is 0 Å². The van der Waals surface area contributed by atoms with Crippen LogP contribution in [-0.4, -0.2) is 18.8 Å². The summed E-state index contributed by atoms with van der Waals surface area (Å²) in [5, 5.41) is 5.89. The van der Waals surface area contributed by atoms with E-state index in [1.165, 1.54) is 10.4 Å². The molecule has 2 unspecified atom stereocenters. The van der Waals surface area contributed by atoms with Crippen molar-refractivity contribution in [3.63, 3.8) is 0 Å². The van der Waals surface area contributed by atoms with E-state index < -0.39 is 0 Å². The number of nitrogens with one attached hydrogen (secondary N) is 1. The molecule has 2 nitrogen and oxygen atoms in total. The second-order valence-electron chi connectivity index (χ2n) is 6.09. The fourth-order valence-electron chi connectivity index (χ4n) is 2.61. The van der Waals surface area contributed by atoms with E-state index in [-0.39, 0.29) is 11.6 Å². The Labute approximate surface area is 132 Å². The highest BCUT2D eigenvalue weighted by molar-refractivity contribution is 7.10. The van der Waals surface area contributed by atoms with Crippen LogP contribution >= 0.6 is 11.3 Å². The SMILES string of the molecule is COC(C)(C)CC(C)NC(c1ccccc1)c1cccs1. The van der Waals surface area contributed by atoms with Crippen LogP contribution in [0.15, 0.2) is 47.8 Å². The Morgan fingerprint density at radius 1 is 1.14 bits per heavy atom. The molecule has 0 aliphatic heterocycles. The van der Waals surface area contributed by atoms with Gasteiger partial charge in [-0.2, -0.15) is 0 Å². The number of thiophene rings is 1. The Morgan fingerprint density at radius 2 is 1.86 bits per heavy atom. The number of hydrogen-bond acceptors (Lipinski definition) is 3. The van der Waals surface area contributed by atoms with Crippen molar-refractivity contribution in [2.24, 2.45) is 0 Å². The molecule has 0 amide bonds. The zero-order chi connectivity index (χ0) is 15.3. The van der Waals surface area contributed by atoms with Crippen molar-refractivity contribution in [2.45, 2.75) is 44.9 Å². The summed E-state index contributed by atoms with van der Waals surface area (Å²) in [5.41, 5.74) is 1.20. The van der Waals surface area contributed by atoms with Crippen LogP contribution < -0.4 is 5.32 Å². The lowest BCUT2D eigenvalue weighted by atomic mass is 9.97. The zero-order valence-corrected chi connectivity index (χ0v) is 14.1. The Bertz CT molecular complexity index is 521. The number of hydrogen-bond donors (Lipinski definition) is 1. The van der Waals surface area contributed by atoms with Crippen molar-refractivity contribution >= 4 is 11.3 Å². The van der Waals surface area contributed by atoms with Gasteiger partial charge in [-0.1, -0.05) is 36.4 Å². The second-order valence-corrected chi connectivity index (χ2v) is 7.07. The summed E-state index contributed by atoms with van der Waals surface area (Å²) >= 11 is 1.80. The van der Waals surface area contributed by atoms with Gasteiger partial charge in [0.1, 0.15) is 0 Å². The summed E-state index contributed by atoms with van der Waals surface area (Å²) in [6.45, 7) is 6.49. The maximum atomic E-state index is 5.55. The molecule has 21 heavy (non-hydrogen) atoms. The summed E-state index contributed by atoms with van der Waals surface area (Å²) in [6.07, 6.45) is 0.970. The third-order valence-electron chi connectivity index (χ3n) is 3.76. The largest absolute Gasteiger partial charge is 0.379 e. The Morgan fingerprint density at radius 3 is 2.43 bits per heavy atom. The Kier molecular flexibility index (Phi) is 5.57. The molecule has 2 atom stereocenters. The van der Waals surface area contributed by atoms with E-state index in [0.29, 0.717) is 6.04 Å². The van der Waals surface area contributed by atoms with Crippen LogP contribution in [0.1, 0.15) is 43.7 Å². The summed E-state index contributed by atoms with van der Waals surface area (Å²) in [6, 6.07) is 15.6. The molecule has 0 saturated heterocycles. The van der Waals surface area contributed by atoms with E-state index in [2.05, 4.69) is 73.9 Å². The van der Waals surface area contributed by atoms with Gasteiger partial charge in [-0.15, -0.1) is 11.3 Å². The first-order chi connectivity index (χ1) is 10.0. The average Bonchev–Trinajstić information content (AvgIpc) is 2.99. The van der Waals surface area contributed by atoms with E-state index in [1.807, 2.05) is 0 Å². The van der Waals surface area contributed by atoms with Crippen molar-refractivity contribution in [2.75, 3.05) is 7.11 Å². The number of rotatable bonds is 7. The van der Waals surface area contributed by atoms with Crippen LogP contribution in [-0.2, 0) is 4.74 Å². The molecule has 1 aromatic carbocycles. The lowest BCUT2D eigenvalue weighted by Gasteiger charge is -2.30. The normalized spacial score (nSPS) is 14.9. The maximum Gasteiger partial charge on any atom is 0.0673 e. The minimum atomic E-state index is -0.108. The van der Waals surface area contributed by atoms with Gasteiger partial charge < -0.3 is 10.1 Å². The molecule has 0 bridgehead atoms. The predicted molar refractivity (Wildman–Crippen MR) is 90.9 cm³/mol. The molecule has 114 valence electrons. The summed E-state index contributed by atoms with van der Waals surface area (Å²) in [5.74, 6) is 0. The highest BCUT2D eigenvalue weighted by Crippen LogP contribution is 2.27. The van der Waals surface area contributed by atoms with Crippen LogP contribution in [0.3, 0.4) is 0 Å². The standard InChI is InChI=1S/C18H25NOS/c1-14(13-18(2,3)20-4)19-17(16-11-8-12-21-16)15-9-6-5-7-10-15/h5-12,14,17,19H,13H2,1-4H3. The Hall–Kier alpha value is -1.16. The van der Waals surface area contributed by atoms with Gasteiger partial charge in [0, 0.05) is 18.0 Å². The van der Waals surface area contributed by atoms with Crippen LogP contribution in [0.5, 0.6) is 0 Å². The monoisotopic (exact) mass is 303 g/mol. The number of methoxy groups -OCH3 is 1. The summed E-state index contributed by atoms with van der Waals surface area (Å²) in [4.78, 5) is 1.35. The van der Waals surface area contributed by atoms with Gasteiger partial charge in [-0.25, -0.2) is 0 Å². The maximum absolute atomic E-state index is 5.55. The lowest BCUT2D eigenvalue weighted by Crippen LogP contribution is -2.37. The molecule has 0 radical (unpaired) electrons. The fourth-order valence-corrected chi connectivity index (χ4v) is 3.42.